The van der Waals surface area contributed by atoms with Crippen molar-refractivity contribution in [3.63, 3.8) is 0 Å². The van der Waals surface area contributed by atoms with E-state index in [0.29, 0.717) is 0 Å². The third-order valence-corrected chi connectivity index (χ3v) is 4.19. The number of hydrogen-bond acceptors (Lipinski definition) is 2. The minimum atomic E-state index is -0.477. The lowest BCUT2D eigenvalue weighted by atomic mass is 9.90. The summed E-state index contributed by atoms with van der Waals surface area (Å²) in [6.45, 7) is 4.09. The zero-order chi connectivity index (χ0) is 14.9. The van der Waals surface area contributed by atoms with Crippen molar-refractivity contribution in [1.29, 1.82) is 0 Å². The number of hydrogen-bond donors (Lipinski definition) is 0. The van der Waals surface area contributed by atoms with Crippen LogP contribution in [-0.2, 0) is 4.79 Å². The maximum Gasteiger partial charge on any atom is 0.133 e. The summed E-state index contributed by atoms with van der Waals surface area (Å²) in [4.78, 5) is 13.2. The highest BCUT2D eigenvalue weighted by molar-refractivity contribution is 5.86. The fraction of sp³-hybridized carbons (Fsp3) is 0.211. The number of aldehydes is 1. The first kappa shape index (κ1) is 13.6. The number of rotatable bonds is 3. The van der Waals surface area contributed by atoms with E-state index in [9.17, 15) is 4.79 Å². The van der Waals surface area contributed by atoms with Gasteiger partial charge in [0, 0.05) is 12.4 Å². The average molecular weight is 277 g/mol. The number of allylic oxidation sites excluding steroid dienone is 2. The highest BCUT2D eigenvalue weighted by atomic mass is 16.1. The predicted molar refractivity (Wildman–Crippen MR) is 86.7 cm³/mol. The Bertz CT molecular complexity index is 710. The number of fused-ring (bicyclic) bond motifs is 1. The molecule has 106 valence electrons. The second kappa shape index (κ2) is 5.21. The third-order valence-electron chi connectivity index (χ3n) is 4.19. The summed E-state index contributed by atoms with van der Waals surface area (Å²) in [7, 11) is 0. The molecular formula is C19H19NO. The Hall–Kier alpha value is -2.35. The van der Waals surface area contributed by atoms with E-state index < -0.39 is 5.41 Å². The van der Waals surface area contributed by atoms with Crippen LogP contribution in [0.1, 0.15) is 25.5 Å². The number of nitrogens with zero attached hydrogens (tertiary/aromatic N) is 1. The van der Waals surface area contributed by atoms with Crippen LogP contribution < -0.4 is 0 Å². The molecule has 0 saturated carbocycles. The summed E-state index contributed by atoms with van der Waals surface area (Å²) in [5.41, 5.74) is 0.812. The molecular weight excluding hydrogens is 258 g/mol. The van der Waals surface area contributed by atoms with Gasteiger partial charge in [0.05, 0.1) is 11.5 Å². The molecule has 0 fully saturated rings. The summed E-state index contributed by atoms with van der Waals surface area (Å²) in [6, 6.07) is 15.1. The number of carbonyl (C=O) groups excluding carboxylic acids is 1. The molecule has 1 heterocycles. The van der Waals surface area contributed by atoms with Crippen molar-refractivity contribution in [2.75, 3.05) is 0 Å². The van der Waals surface area contributed by atoms with E-state index in [1.807, 2.05) is 31.5 Å². The molecule has 0 radical (unpaired) electrons. The van der Waals surface area contributed by atoms with Gasteiger partial charge in [0.15, 0.2) is 0 Å². The van der Waals surface area contributed by atoms with Gasteiger partial charge in [-0.3, -0.25) is 0 Å². The standard InChI is InChI=1S/C19H19NO/c1-15(20-12-10-19(2,14-21)11-13-20)17-9-5-7-16-6-3-4-8-18(16)17/h3-15H,1-2H3/t15-/m1/s1. The first-order chi connectivity index (χ1) is 10.1. The molecule has 2 nitrogen and oxygen atoms in total. The Morgan fingerprint density at radius 3 is 2.43 bits per heavy atom. The summed E-state index contributed by atoms with van der Waals surface area (Å²) in [5.74, 6) is 0. The molecule has 0 unspecified atom stereocenters. The van der Waals surface area contributed by atoms with Gasteiger partial charge in [0.25, 0.3) is 0 Å². The van der Waals surface area contributed by atoms with Crippen LogP contribution in [0.5, 0.6) is 0 Å². The highest BCUT2D eigenvalue weighted by Crippen LogP contribution is 2.31. The zero-order valence-corrected chi connectivity index (χ0v) is 12.4. The molecule has 0 spiro atoms. The molecule has 1 aliphatic rings. The molecule has 21 heavy (non-hydrogen) atoms. The van der Waals surface area contributed by atoms with E-state index in [2.05, 4.69) is 54.3 Å². The van der Waals surface area contributed by atoms with Crippen molar-refractivity contribution >= 4 is 17.1 Å². The van der Waals surface area contributed by atoms with Crippen molar-refractivity contribution in [2.45, 2.75) is 19.9 Å². The first-order valence-corrected chi connectivity index (χ1v) is 7.23. The molecule has 2 heteroatoms. The van der Waals surface area contributed by atoms with Gasteiger partial charge in [-0.05, 0) is 30.2 Å². The van der Waals surface area contributed by atoms with Crippen LogP contribution in [0.3, 0.4) is 0 Å². The van der Waals surface area contributed by atoms with E-state index in [4.69, 9.17) is 0 Å². The van der Waals surface area contributed by atoms with E-state index in [1.54, 1.807) is 0 Å². The molecule has 2 aromatic rings. The van der Waals surface area contributed by atoms with Gasteiger partial charge in [-0.15, -0.1) is 0 Å². The molecule has 3 rings (SSSR count). The second-order valence-corrected chi connectivity index (χ2v) is 5.81. The van der Waals surface area contributed by atoms with E-state index in [0.717, 1.165) is 6.29 Å². The Labute approximate surface area is 125 Å². The molecule has 0 amide bonds. The second-order valence-electron chi connectivity index (χ2n) is 5.81. The van der Waals surface area contributed by atoms with Gasteiger partial charge in [-0.25, -0.2) is 0 Å². The van der Waals surface area contributed by atoms with Gasteiger partial charge in [0.2, 0.25) is 0 Å². The molecule has 0 aromatic heterocycles. The predicted octanol–water partition coefficient (Wildman–Crippen LogP) is 4.45. The molecule has 0 aliphatic carbocycles. The molecule has 1 atom stereocenters. The van der Waals surface area contributed by atoms with Gasteiger partial charge in [0.1, 0.15) is 6.29 Å². The number of carbonyl (C=O) groups is 1. The maximum absolute atomic E-state index is 11.1. The largest absolute Gasteiger partial charge is 0.348 e. The van der Waals surface area contributed by atoms with Crippen molar-refractivity contribution in [1.82, 2.24) is 4.90 Å². The summed E-state index contributed by atoms with van der Waals surface area (Å²) in [5, 5.41) is 2.53. The number of benzene rings is 2. The van der Waals surface area contributed by atoms with Crippen LogP contribution in [0.2, 0.25) is 0 Å². The lowest BCUT2D eigenvalue weighted by Crippen LogP contribution is -2.23. The Morgan fingerprint density at radius 2 is 1.71 bits per heavy atom. The molecule has 0 bridgehead atoms. The fourth-order valence-electron chi connectivity index (χ4n) is 2.71. The van der Waals surface area contributed by atoms with Crippen LogP contribution in [0.25, 0.3) is 10.8 Å². The lowest BCUT2D eigenvalue weighted by molar-refractivity contribution is -0.111. The first-order valence-electron chi connectivity index (χ1n) is 7.23. The fourth-order valence-corrected chi connectivity index (χ4v) is 2.71. The van der Waals surface area contributed by atoms with Crippen molar-refractivity contribution in [3.8, 4) is 0 Å². The van der Waals surface area contributed by atoms with Gasteiger partial charge in [-0.2, -0.15) is 0 Å². The zero-order valence-electron chi connectivity index (χ0n) is 12.4. The van der Waals surface area contributed by atoms with E-state index in [-0.39, 0.29) is 6.04 Å². The Morgan fingerprint density at radius 1 is 1.05 bits per heavy atom. The third kappa shape index (κ3) is 2.49. The van der Waals surface area contributed by atoms with Gasteiger partial charge in [-0.1, -0.05) is 54.6 Å². The van der Waals surface area contributed by atoms with Crippen LogP contribution in [0.4, 0.5) is 0 Å². The van der Waals surface area contributed by atoms with Crippen LogP contribution in [0, 0.1) is 5.41 Å². The maximum atomic E-state index is 11.1. The smallest absolute Gasteiger partial charge is 0.133 e. The molecule has 1 aliphatic heterocycles. The minimum Gasteiger partial charge on any atom is -0.348 e. The molecule has 2 aromatic carbocycles. The van der Waals surface area contributed by atoms with Crippen molar-refractivity contribution in [3.05, 3.63) is 72.6 Å². The van der Waals surface area contributed by atoms with Crippen LogP contribution >= 0.6 is 0 Å². The monoisotopic (exact) mass is 277 g/mol. The van der Waals surface area contributed by atoms with Gasteiger partial charge >= 0.3 is 0 Å². The van der Waals surface area contributed by atoms with Crippen molar-refractivity contribution < 1.29 is 4.79 Å². The van der Waals surface area contributed by atoms with Gasteiger partial charge < -0.3 is 9.69 Å². The summed E-state index contributed by atoms with van der Waals surface area (Å²) < 4.78 is 0. The molecule has 0 N–H and O–H groups in total. The SMILES string of the molecule is C[C@H](c1cccc2ccccc12)N1C=CC(C)(C=O)C=C1. The lowest BCUT2D eigenvalue weighted by Gasteiger charge is -2.30. The quantitative estimate of drug-likeness (QED) is 0.773. The topological polar surface area (TPSA) is 20.3 Å². The summed E-state index contributed by atoms with van der Waals surface area (Å²) >= 11 is 0. The van der Waals surface area contributed by atoms with Crippen molar-refractivity contribution in [2.24, 2.45) is 5.41 Å². The normalized spacial score (nSPS) is 17.9. The van der Waals surface area contributed by atoms with Crippen LogP contribution in [0.15, 0.2) is 67.0 Å². The Kier molecular flexibility index (Phi) is 3.38. The Balaban J connectivity index is 1.96. The minimum absolute atomic E-state index is 0.222. The summed E-state index contributed by atoms with van der Waals surface area (Å²) in [6.07, 6.45) is 8.87. The highest BCUT2D eigenvalue weighted by Gasteiger charge is 2.22. The molecule has 0 saturated heterocycles. The van der Waals surface area contributed by atoms with E-state index in [1.165, 1.54) is 16.3 Å². The van der Waals surface area contributed by atoms with E-state index >= 15 is 0 Å². The van der Waals surface area contributed by atoms with Crippen LogP contribution in [-0.4, -0.2) is 11.2 Å². The average Bonchev–Trinajstić information content (AvgIpc) is 2.54.